The second-order valence-electron chi connectivity index (χ2n) is 5.41. The van der Waals surface area contributed by atoms with Crippen molar-refractivity contribution in [3.8, 4) is 11.7 Å². The van der Waals surface area contributed by atoms with Crippen LogP contribution in [-0.4, -0.2) is 6.71 Å². The monoisotopic (exact) mass is 206 g/mol. The van der Waals surface area contributed by atoms with Crippen LogP contribution < -0.4 is 0 Å². The number of rotatable bonds is 4. The van der Waals surface area contributed by atoms with Crippen LogP contribution in [-0.2, 0) is 0 Å². The average Bonchev–Trinajstić information content (AvgIpc) is 2.17. The SMILES string of the molecule is CCC#CB([C@H](C)C(C)C)[C@H](C)C(C)C. The maximum Gasteiger partial charge on any atom is 0.237 e. The van der Waals surface area contributed by atoms with Gasteiger partial charge in [-0.1, -0.05) is 71.9 Å². The largest absolute Gasteiger partial charge is 0.237 e. The lowest BCUT2D eigenvalue weighted by Crippen LogP contribution is -2.28. The van der Waals surface area contributed by atoms with Gasteiger partial charge in [0, 0.05) is 6.42 Å². The van der Waals surface area contributed by atoms with Crippen LogP contribution in [0, 0.1) is 23.6 Å². The smallest absolute Gasteiger partial charge is 0.155 e. The van der Waals surface area contributed by atoms with Crippen molar-refractivity contribution >= 4 is 6.71 Å². The summed E-state index contributed by atoms with van der Waals surface area (Å²) in [5, 5.41) is 0. The van der Waals surface area contributed by atoms with Gasteiger partial charge >= 0.3 is 0 Å². The molecule has 0 radical (unpaired) electrons. The van der Waals surface area contributed by atoms with E-state index in [0.717, 1.165) is 18.3 Å². The van der Waals surface area contributed by atoms with Gasteiger partial charge in [0.1, 0.15) is 0 Å². The van der Waals surface area contributed by atoms with Crippen LogP contribution in [0.4, 0.5) is 0 Å². The second-order valence-corrected chi connectivity index (χ2v) is 5.41. The lowest BCUT2D eigenvalue weighted by molar-refractivity contribution is 0.568. The molecule has 0 aromatic heterocycles. The molecule has 0 aliphatic heterocycles. The van der Waals surface area contributed by atoms with E-state index in [1.54, 1.807) is 0 Å². The molecule has 2 atom stereocenters. The molecule has 0 aliphatic carbocycles. The van der Waals surface area contributed by atoms with Crippen molar-refractivity contribution in [2.45, 2.75) is 66.5 Å². The standard InChI is InChI=1S/C14H27B/c1-8-9-10-15(13(6)11(2)3)14(7)12(4)5/h11-14H,8H2,1-7H3/t13-,14-/m1/s1. The van der Waals surface area contributed by atoms with Gasteiger partial charge in [-0.3, -0.25) is 0 Å². The molecule has 0 unspecified atom stereocenters. The summed E-state index contributed by atoms with van der Waals surface area (Å²) in [5.41, 5.74) is 0. The second kappa shape index (κ2) is 6.99. The van der Waals surface area contributed by atoms with Crippen LogP contribution in [0.25, 0.3) is 0 Å². The summed E-state index contributed by atoms with van der Waals surface area (Å²) in [5.74, 6) is 9.59. The highest BCUT2D eigenvalue weighted by molar-refractivity contribution is 6.70. The van der Waals surface area contributed by atoms with Crippen molar-refractivity contribution in [2.24, 2.45) is 11.8 Å². The van der Waals surface area contributed by atoms with Gasteiger partial charge in [0.25, 0.3) is 0 Å². The highest BCUT2D eigenvalue weighted by atomic mass is 14.1. The molecule has 0 saturated heterocycles. The normalized spacial score (nSPS) is 14.7. The van der Waals surface area contributed by atoms with E-state index in [4.69, 9.17) is 0 Å². The maximum absolute atomic E-state index is 3.48. The average molecular weight is 206 g/mol. The molecular weight excluding hydrogens is 179 g/mol. The summed E-state index contributed by atoms with van der Waals surface area (Å²) in [6, 6.07) is 0. The van der Waals surface area contributed by atoms with Crippen molar-refractivity contribution in [2.75, 3.05) is 0 Å². The molecule has 15 heavy (non-hydrogen) atoms. The minimum Gasteiger partial charge on any atom is -0.155 e. The molecular formula is C14H27B. The van der Waals surface area contributed by atoms with Gasteiger partial charge in [0.15, 0.2) is 0 Å². The Labute approximate surface area is 97.3 Å². The minimum absolute atomic E-state index is 0.560. The van der Waals surface area contributed by atoms with E-state index in [1.807, 2.05) is 0 Å². The van der Waals surface area contributed by atoms with E-state index in [2.05, 4.69) is 60.2 Å². The fraction of sp³-hybridized carbons (Fsp3) is 0.857. The Kier molecular flexibility index (Phi) is 6.82. The van der Waals surface area contributed by atoms with Gasteiger partial charge in [-0.15, -0.1) is 5.92 Å². The van der Waals surface area contributed by atoms with Crippen LogP contribution in [0.1, 0.15) is 54.9 Å². The third-order valence-electron chi connectivity index (χ3n) is 3.68. The molecule has 0 heterocycles. The highest BCUT2D eigenvalue weighted by Crippen LogP contribution is 2.31. The van der Waals surface area contributed by atoms with Crippen LogP contribution in [0.2, 0.25) is 11.6 Å². The zero-order valence-electron chi connectivity index (χ0n) is 11.6. The fourth-order valence-corrected chi connectivity index (χ4v) is 1.79. The van der Waals surface area contributed by atoms with Gasteiger partial charge in [-0.05, 0) is 0 Å². The summed E-state index contributed by atoms with van der Waals surface area (Å²) in [4.78, 5) is 0. The third-order valence-corrected chi connectivity index (χ3v) is 3.68. The Morgan fingerprint density at radius 2 is 1.27 bits per heavy atom. The Morgan fingerprint density at radius 3 is 1.53 bits per heavy atom. The first-order valence-electron chi connectivity index (χ1n) is 6.40. The van der Waals surface area contributed by atoms with E-state index in [9.17, 15) is 0 Å². The number of hydrogen-bond donors (Lipinski definition) is 0. The summed E-state index contributed by atoms with van der Waals surface area (Å²) < 4.78 is 0. The molecule has 0 spiro atoms. The van der Waals surface area contributed by atoms with Crippen LogP contribution in [0.3, 0.4) is 0 Å². The van der Waals surface area contributed by atoms with Crippen molar-refractivity contribution in [1.29, 1.82) is 0 Å². The molecule has 0 aliphatic rings. The molecule has 0 bridgehead atoms. The lowest BCUT2D eigenvalue weighted by atomic mass is 9.32. The van der Waals surface area contributed by atoms with Gasteiger partial charge < -0.3 is 0 Å². The van der Waals surface area contributed by atoms with Crippen molar-refractivity contribution in [3.63, 3.8) is 0 Å². The van der Waals surface area contributed by atoms with E-state index in [1.165, 1.54) is 0 Å². The first kappa shape index (κ1) is 14.6. The zero-order valence-corrected chi connectivity index (χ0v) is 11.6. The van der Waals surface area contributed by atoms with Crippen molar-refractivity contribution in [3.05, 3.63) is 0 Å². The first-order chi connectivity index (χ1) is 6.91. The molecule has 0 aromatic rings. The van der Waals surface area contributed by atoms with Crippen molar-refractivity contribution in [1.82, 2.24) is 0 Å². The Morgan fingerprint density at radius 1 is 0.867 bits per heavy atom. The van der Waals surface area contributed by atoms with E-state index < -0.39 is 0 Å². The molecule has 0 fully saturated rings. The summed E-state index contributed by atoms with van der Waals surface area (Å²) in [6.07, 6.45) is 0.978. The van der Waals surface area contributed by atoms with E-state index >= 15 is 0 Å². The van der Waals surface area contributed by atoms with Crippen molar-refractivity contribution < 1.29 is 0 Å². The molecule has 0 rings (SSSR count). The Balaban J connectivity index is 4.72. The van der Waals surface area contributed by atoms with E-state index in [0.29, 0.717) is 18.3 Å². The van der Waals surface area contributed by atoms with E-state index in [-0.39, 0.29) is 0 Å². The fourth-order valence-electron chi connectivity index (χ4n) is 1.79. The van der Waals surface area contributed by atoms with Crippen LogP contribution in [0.15, 0.2) is 0 Å². The Bertz CT molecular complexity index is 205. The van der Waals surface area contributed by atoms with Gasteiger partial charge in [-0.2, -0.15) is 5.82 Å². The van der Waals surface area contributed by atoms with Crippen LogP contribution >= 0.6 is 0 Å². The summed E-state index contributed by atoms with van der Waals surface area (Å²) >= 11 is 0. The van der Waals surface area contributed by atoms with Gasteiger partial charge in [0.2, 0.25) is 6.71 Å². The zero-order chi connectivity index (χ0) is 12.0. The molecule has 86 valence electrons. The topological polar surface area (TPSA) is 0 Å². The molecule has 0 N–H and O–H groups in total. The lowest BCUT2D eigenvalue weighted by Gasteiger charge is -2.27. The molecule has 1 heteroatoms. The van der Waals surface area contributed by atoms with Crippen LogP contribution in [0.5, 0.6) is 0 Å². The molecule has 0 nitrogen and oxygen atoms in total. The predicted molar refractivity (Wildman–Crippen MR) is 72.3 cm³/mol. The van der Waals surface area contributed by atoms with Gasteiger partial charge in [0.05, 0.1) is 0 Å². The van der Waals surface area contributed by atoms with Gasteiger partial charge in [-0.25, -0.2) is 0 Å². The highest BCUT2D eigenvalue weighted by Gasteiger charge is 2.30. The molecule has 0 aromatic carbocycles. The number of hydrogen-bond acceptors (Lipinski definition) is 0. The minimum atomic E-state index is 0.560. The molecule has 0 saturated carbocycles. The first-order valence-corrected chi connectivity index (χ1v) is 6.40. The third kappa shape index (κ3) is 4.78. The summed E-state index contributed by atoms with van der Waals surface area (Å²) in [6.45, 7) is 16.6. The quantitative estimate of drug-likeness (QED) is 0.468. The molecule has 0 amide bonds. The maximum atomic E-state index is 3.48. The Hall–Kier alpha value is -0.375. The predicted octanol–water partition coefficient (Wildman–Crippen LogP) is 4.53. The summed E-state index contributed by atoms with van der Waals surface area (Å²) in [7, 11) is 0.